The van der Waals surface area contributed by atoms with Gasteiger partial charge in [0, 0.05) is 22.9 Å². The van der Waals surface area contributed by atoms with Crippen LogP contribution in [-0.4, -0.2) is 23.0 Å². The zero-order chi connectivity index (χ0) is 20.6. The summed E-state index contributed by atoms with van der Waals surface area (Å²) in [5.41, 5.74) is 3.88. The molecule has 0 radical (unpaired) electrons. The van der Waals surface area contributed by atoms with E-state index in [1.807, 2.05) is 6.07 Å². The Balaban J connectivity index is 1.61. The number of anilines is 1. The van der Waals surface area contributed by atoms with Gasteiger partial charge < -0.3 is 5.32 Å². The third-order valence-electron chi connectivity index (χ3n) is 3.94. The molecule has 0 spiro atoms. The molecule has 0 aliphatic heterocycles. The Morgan fingerprint density at radius 2 is 1.45 bits per heavy atom. The average molecular weight is 388 g/mol. The van der Waals surface area contributed by atoms with Crippen LogP contribution in [0.3, 0.4) is 0 Å². The molecule has 0 fully saturated rings. The molecule has 8 nitrogen and oxygen atoms in total. The molecule has 0 atom stereocenters. The van der Waals surface area contributed by atoms with E-state index in [1.165, 1.54) is 30.5 Å². The predicted octanol–water partition coefficient (Wildman–Crippen LogP) is 3.61. The highest BCUT2D eigenvalue weighted by molar-refractivity contribution is 6.04. The fourth-order valence-corrected chi connectivity index (χ4v) is 2.49. The van der Waals surface area contributed by atoms with Crippen LogP contribution in [0.25, 0.3) is 0 Å². The molecule has 0 saturated heterocycles. The van der Waals surface area contributed by atoms with Crippen molar-refractivity contribution in [2.75, 3.05) is 5.32 Å². The van der Waals surface area contributed by atoms with E-state index in [2.05, 4.69) is 15.8 Å². The van der Waals surface area contributed by atoms with E-state index in [4.69, 9.17) is 0 Å². The van der Waals surface area contributed by atoms with Crippen molar-refractivity contribution >= 4 is 29.4 Å². The van der Waals surface area contributed by atoms with Gasteiger partial charge in [0.1, 0.15) is 0 Å². The van der Waals surface area contributed by atoms with Gasteiger partial charge in [0.15, 0.2) is 0 Å². The first-order valence-corrected chi connectivity index (χ1v) is 8.58. The summed E-state index contributed by atoms with van der Waals surface area (Å²) in [7, 11) is 0. The van der Waals surface area contributed by atoms with Gasteiger partial charge in [-0.2, -0.15) is 5.10 Å². The molecule has 0 aliphatic carbocycles. The van der Waals surface area contributed by atoms with Gasteiger partial charge in [0.25, 0.3) is 17.5 Å². The van der Waals surface area contributed by atoms with Crippen LogP contribution in [0.4, 0.5) is 11.4 Å². The van der Waals surface area contributed by atoms with E-state index in [1.54, 1.807) is 48.5 Å². The number of benzene rings is 3. The number of hydrogen-bond donors (Lipinski definition) is 2. The number of nitrogens with one attached hydrogen (secondary N) is 2. The fourth-order valence-electron chi connectivity index (χ4n) is 2.49. The predicted molar refractivity (Wildman–Crippen MR) is 109 cm³/mol. The first-order valence-electron chi connectivity index (χ1n) is 8.58. The maximum absolute atomic E-state index is 12.2. The van der Waals surface area contributed by atoms with E-state index in [-0.39, 0.29) is 17.2 Å². The standard InChI is InChI=1S/C21H16N4O4/c26-20(15-6-2-1-3-7-15)23-18-12-10-16(11-13-18)21(27)24-22-14-17-8-4-5-9-19(17)25(28)29/h1-14H,(H,23,26)(H,24,27). The van der Waals surface area contributed by atoms with Gasteiger partial charge in [-0.25, -0.2) is 5.43 Å². The molecule has 0 bridgehead atoms. The molecular formula is C21H16N4O4. The Bertz CT molecular complexity index is 1060. The minimum absolute atomic E-state index is 0.107. The number of para-hydroxylation sites is 1. The van der Waals surface area contributed by atoms with Crippen LogP contribution < -0.4 is 10.7 Å². The van der Waals surface area contributed by atoms with Crippen molar-refractivity contribution in [2.45, 2.75) is 0 Å². The minimum atomic E-state index is -0.522. The monoisotopic (exact) mass is 388 g/mol. The maximum Gasteiger partial charge on any atom is 0.278 e. The second-order valence-corrected chi connectivity index (χ2v) is 5.91. The third kappa shape index (κ3) is 5.10. The highest BCUT2D eigenvalue weighted by Crippen LogP contribution is 2.15. The summed E-state index contributed by atoms with van der Waals surface area (Å²) in [6, 6.07) is 21.1. The SMILES string of the molecule is O=C(NN=Cc1ccccc1[N+](=O)[O-])c1ccc(NC(=O)c2ccccc2)cc1. The van der Waals surface area contributed by atoms with E-state index in [0.717, 1.165) is 0 Å². The zero-order valence-electron chi connectivity index (χ0n) is 15.1. The molecule has 29 heavy (non-hydrogen) atoms. The van der Waals surface area contributed by atoms with Crippen molar-refractivity contribution in [3.8, 4) is 0 Å². The lowest BCUT2D eigenvalue weighted by Gasteiger charge is -2.06. The summed E-state index contributed by atoms with van der Waals surface area (Å²) in [6.45, 7) is 0. The fraction of sp³-hybridized carbons (Fsp3) is 0. The average Bonchev–Trinajstić information content (AvgIpc) is 2.75. The van der Waals surface area contributed by atoms with E-state index in [0.29, 0.717) is 16.8 Å². The van der Waals surface area contributed by atoms with Gasteiger partial charge in [-0.3, -0.25) is 19.7 Å². The number of carbonyl (C=O) groups is 2. The van der Waals surface area contributed by atoms with Crippen LogP contribution in [0.15, 0.2) is 84.0 Å². The first-order chi connectivity index (χ1) is 14.0. The van der Waals surface area contributed by atoms with E-state index >= 15 is 0 Å². The molecule has 3 aromatic carbocycles. The van der Waals surface area contributed by atoms with Gasteiger partial charge in [0.05, 0.1) is 16.7 Å². The largest absolute Gasteiger partial charge is 0.322 e. The van der Waals surface area contributed by atoms with Crippen LogP contribution in [0.1, 0.15) is 26.3 Å². The van der Waals surface area contributed by atoms with Crippen LogP contribution in [0.2, 0.25) is 0 Å². The third-order valence-corrected chi connectivity index (χ3v) is 3.94. The van der Waals surface area contributed by atoms with Crippen molar-refractivity contribution in [1.29, 1.82) is 0 Å². The summed E-state index contributed by atoms with van der Waals surface area (Å²) in [4.78, 5) is 34.7. The highest BCUT2D eigenvalue weighted by Gasteiger charge is 2.11. The summed E-state index contributed by atoms with van der Waals surface area (Å²) in [5, 5.41) is 17.5. The Morgan fingerprint density at radius 1 is 0.828 bits per heavy atom. The molecular weight excluding hydrogens is 372 g/mol. The summed E-state index contributed by atoms with van der Waals surface area (Å²) in [6.07, 6.45) is 1.21. The van der Waals surface area contributed by atoms with Gasteiger partial charge in [-0.1, -0.05) is 30.3 Å². The lowest BCUT2D eigenvalue weighted by molar-refractivity contribution is -0.385. The van der Waals surface area contributed by atoms with Gasteiger partial charge in [-0.05, 0) is 42.5 Å². The Morgan fingerprint density at radius 3 is 2.14 bits per heavy atom. The number of nitrogens with zero attached hydrogens (tertiary/aromatic N) is 2. The molecule has 0 saturated carbocycles. The second kappa shape index (κ2) is 9.05. The highest BCUT2D eigenvalue weighted by atomic mass is 16.6. The summed E-state index contributed by atoms with van der Waals surface area (Å²) in [5.74, 6) is -0.738. The molecule has 0 aliphatic rings. The van der Waals surface area contributed by atoms with Crippen molar-refractivity contribution in [3.63, 3.8) is 0 Å². The smallest absolute Gasteiger partial charge is 0.278 e. The molecule has 0 unspecified atom stereocenters. The first kappa shape index (κ1) is 19.4. The second-order valence-electron chi connectivity index (χ2n) is 5.91. The normalized spacial score (nSPS) is 10.5. The zero-order valence-corrected chi connectivity index (χ0v) is 15.1. The Labute approximate surface area is 166 Å². The quantitative estimate of drug-likeness (QED) is 0.381. The molecule has 0 aromatic heterocycles. The summed E-state index contributed by atoms with van der Waals surface area (Å²) < 4.78 is 0. The number of carbonyl (C=O) groups excluding carboxylic acids is 2. The molecule has 2 N–H and O–H groups in total. The molecule has 8 heteroatoms. The van der Waals surface area contributed by atoms with Crippen LogP contribution in [-0.2, 0) is 0 Å². The number of nitro benzene ring substituents is 1. The van der Waals surface area contributed by atoms with E-state index in [9.17, 15) is 19.7 Å². The summed E-state index contributed by atoms with van der Waals surface area (Å²) >= 11 is 0. The van der Waals surface area contributed by atoms with Crippen LogP contribution >= 0.6 is 0 Å². The molecule has 3 rings (SSSR count). The van der Waals surface area contributed by atoms with Crippen LogP contribution in [0, 0.1) is 10.1 Å². The van der Waals surface area contributed by atoms with Gasteiger partial charge >= 0.3 is 0 Å². The van der Waals surface area contributed by atoms with E-state index < -0.39 is 10.8 Å². The van der Waals surface area contributed by atoms with Gasteiger partial charge in [-0.15, -0.1) is 0 Å². The van der Waals surface area contributed by atoms with Crippen LogP contribution in [0.5, 0.6) is 0 Å². The van der Waals surface area contributed by atoms with Crippen molar-refractivity contribution in [2.24, 2.45) is 5.10 Å². The van der Waals surface area contributed by atoms with Gasteiger partial charge in [0.2, 0.25) is 0 Å². The molecule has 144 valence electrons. The lowest BCUT2D eigenvalue weighted by atomic mass is 10.1. The number of rotatable bonds is 6. The number of amides is 2. The number of hydrazone groups is 1. The topological polar surface area (TPSA) is 114 Å². The maximum atomic E-state index is 12.2. The van der Waals surface area contributed by atoms with Crippen molar-refractivity contribution in [3.05, 3.63) is 106 Å². The van der Waals surface area contributed by atoms with Crippen molar-refractivity contribution in [1.82, 2.24) is 5.43 Å². The molecule has 2 amide bonds. The Hall–Kier alpha value is -4.33. The van der Waals surface area contributed by atoms with Crippen molar-refractivity contribution < 1.29 is 14.5 Å². The molecule has 0 heterocycles. The minimum Gasteiger partial charge on any atom is -0.322 e. The lowest BCUT2D eigenvalue weighted by Crippen LogP contribution is -2.18. The number of nitro groups is 1. The molecule has 3 aromatic rings. The number of hydrogen-bond acceptors (Lipinski definition) is 5. The Kier molecular flexibility index (Phi) is 6.06.